The van der Waals surface area contributed by atoms with Gasteiger partial charge in [-0.05, 0) is 37.5 Å². The van der Waals surface area contributed by atoms with Gasteiger partial charge in [-0.3, -0.25) is 4.68 Å². The van der Waals surface area contributed by atoms with Gasteiger partial charge < -0.3 is 39.4 Å². The van der Waals surface area contributed by atoms with Crippen molar-refractivity contribution in [1.29, 1.82) is 0 Å². The summed E-state index contributed by atoms with van der Waals surface area (Å²) in [5, 5.41) is 44.8. The fourth-order valence-electron chi connectivity index (χ4n) is 4.33. The van der Waals surface area contributed by atoms with Crippen molar-refractivity contribution in [1.82, 2.24) is 9.78 Å². The monoisotopic (exact) mass is 464 g/mol. The molecule has 10 nitrogen and oxygen atoms in total. The molecule has 0 aliphatic carbocycles. The summed E-state index contributed by atoms with van der Waals surface area (Å²) >= 11 is 0. The van der Waals surface area contributed by atoms with E-state index < -0.39 is 37.3 Å². The number of aromatic nitrogens is 2. The van der Waals surface area contributed by atoms with E-state index >= 15 is 0 Å². The van der Waals surface area contributed by atoms with E-state index in [1.165, 1.54) is 0 Å². The highest BCUT2D eigenvalue weighted by Crippen LogP contribution is 2.33. The fourth-order valence-corrected chi connectivity index (χ4v) is 4.33. The van der Waals surface area contributed by atoms with Gasteiger partial charge in [0.15, 0.2) is 0 Å². The summed E-state index contributed by atoms with van der Waals surface area (Å²) in [6, 6.07) is 7.83. The smallest absolute Gasteiger partial charge is 0.239 e. The number of methoxy groups -OCH3 is 1. The third-order valence-corrected chi connectivity index (χ3v) is 6.39. The van der Waals surface area contributed by atoms with Gasteiger partial charge in [0.05, 0.1) is 19.8 Å². The van der Waals surface area contributed by atoms with Crippen molar-refractivity contribution in [2.45, 2.75) is 62.9 Å². The second-order valence-corrected chi connectivity index (χ2v) is 8.50. The van der Waals surface area contributed by atoms with E-state index in [2.05, 4.69) is 0 Å². The van der Waals surface area contributed by atoms with Gasteiger partial charge in [0.1, 0.15) is 30.2 Å². The van der Waals surface area contributed by atoms with Gasteiger partial charge in [-0.15, -0.1) is 5.10 Å². The van der Waals surface area contributed by atoms with Crippen molar-refractivity contribution in [2.75, 3.05) is 26.9 Å². The number of ether oxygens (including phenoxy) is 4. The first-order chi connectivity index (χ1) is 15.9. The third kappa shape index (κ3) is 5.01. The zero-order valence-electron chi connectivity index (χ0n) is 18.8. The van der Waals surface area contributed by atoms with Gasteiger partial charge in [0.25, 0.3) is 0 Å². The molecule has 0 bridgehead atoms. The lowest BCUT2D eigenvalue weighted by Gasteiger charge is -2.39. The Bertz CT molecular complexity index is 910. The van der Waals surface area contributed by atoms with Gasteiger partial charge in [0.2, 0.25) is 12.2 Å². The van der Waals surface area contributed by atoms with Gasteiger partial charge >= 0.3 is 0 Å². The lowest BCUT2D eigenvalue weighted by atomic mass is 9.99. The zero-order valence-corrected chi connectivity index (χ0v) is 18.8. The van der Waals surface area contributed by atoms with Crippen LogP contribution in [-0.4, -0.2) is 87.8 Å². The van der Waals surface area contributed by atoms with Crippen LogP contribution in [0, 0.1) is 6.92 Å². The van der Waals surface area contributed by atoms with Crippen molar-refractivity contribution in [3.8, 4) is 11.6 Å². The molecule has 2 aliphatic heterocycles. The number of hydrogen-bond donors (Lipinski definition) is 4. The molecule has 4 N–H and O–H groups in total. The molecule has 0 unspecified atom stereocenters. The minimum atomic E-state index is -1.52. The molecule has 10 heteroatoms. The molecule has 1 aromatic carbocycles. The Morgan fingerprint density at radius 2 is 1.76 bits per heavy atom. The Morgan fingerprint density at radius 3 is 2.39 bits per heavy atom. The molecule has 0 radical (unpaired) electrons. The van der Waals surface area contributed by atoms with E-state index in [-0.39, 0.29) is 11.9 Å². The lowest BCUT2D eigenvalue weighted by molar-refractivity contribution is -0.278. The van der Waals surface area contributed by atoms with Crippen LogP contribution >= 0.6 is 0 Å². The van der Waals surface area contributed by atoms with E-state index in [4.69, 9.17) is 24.0 Å². The average molecular weight is 465 g/mol. The number of rotatable bonds is 7. The molecule has 5 atom stereocenters. The second kappa shape index (κ2) is 10.4. The fraction of sp³-hybridized carbons (Fsp3) is 0.609. The first-order valence-corrected chi connectivity index (χ1v) is 11.2. The molecule has 182 valence electrons. The zero-order chi connectivity index (χ0) is 23.5. The van der Waals surface area contributed by atoms with Crippen LogP contribution in [0.4, 0.5) is 0 Å². The molecule has 2 fully saturated rings. The Kier molecular flexibility index (Phi) is 7.52. The van der Waals surface area contributed by atoms with Crippen molar-refractivity contribution >= 4 is 0 Å². The summed E-state index contributed by atoms with van der Waals surface area (Å²) in [6.45, 7) is 2.75. The first kappa shape index (κ1) is 23.9. The maximum absolute atomic E-state index is 10.4. The van der Waals surface area contributed by atoms with E-state index in [0.29, 0.717) is 19.6 Å². The van der Waals surface area contributed by atoms with Crippen molar-refractivity contribution in [2.24, 2.45) is 0 Å². The van der Waals surface area contributed by atoms with Gasteiger partial charge in [0, 0.05) is 30.9 Å². The highest BCUT2D eigenvalue weighted by atomic mass is 16.7. The molecule has 4 rings (SSSR count). The Labute approximate surface area is 192 Å². The van der Waals surface area contributed by atoms with Crippen LogP contribution in [0.5, 0.6) is 11.6 Å². The predicted octanol–water partition coefficient (Wildman–Crippen LogP) is 0.321. The van der Waals surface area contributed by atoms with Crippen LogP contribution in [0.25, 0.3) is 0 Å². The molecule has 1 aromatic heterocycles. The summed E-state index contributed by atoms with van der Waals surface area (Å²) in [5.41, 5.74) is 2.77. The number of benzene rings is 1. The van der Waals surface area contributed by atoms with Crippen molar-refractivity contribution < 1.29 is 39.4 Å². The topological polar surface area (TPSA) is 136 Å². The number of nitrogens with zero attached hydrogens (tertiary/aromatic N) is 2. The minimum absolute atomic E-state index is 0.153. The molecular formula is C23H32N2O8. The number of aliphatic hydroxyl groups is 4. The second-order valence-electron chi connectivity index (χ2n) is 8.50. The summed E-state index contributed by atoms with van der Waals surface area (Å²) < 4.78 is 24.2. The third-order valence-electron chi connectivity index (χ3n) is 6.39. The minimum Gasteiger partial charge on any atom is -0.497 e. The normalized spacial score (nSPS) is 28.6. The summed E-state index contributed by atoms with van der Waals surface area (Å²) in [5.74, 6) is 1.03. The average Bonchev–Trinajstić information content (AvgIpc) is 3.15. The largest absolute Gasteiger partial charge is 0.497 e. The highest BCUT2D eigenvalue weighted by Gasteiger charge is 2.45. The molecule has 2 saturated heterocycles. The summed E-state index contributed by atoms with van der Waals surface area (Å²) in [6.07, 6.45) is -4.68. The molecule has 2 aliphatic rings. The Balaban J connectivity index is 1.64. The van der Waals surface area contributed by atoms with Gasteiger partial charge in [-0.25, -0.2) is 0 Å². The summed E-state index contributed by atoms with van der Waals surface area (Å²) in [7, 11) is 1.61. The molecule has 0 amide bonds. The quantitative estimate of drug-likeness (QED) is 0.457. The predicted molar refractivity (Wildman–Crippen MR) is 116 cm³/mol. The summed E-state index contributed by atoms with van der Waals surface area (Å²) in [4.78, 5) is 0. The molecule has 0 spiro atoms. The maximum atomic E-state index is 10.4. The SMILES string of the molecule is COc1ccc(Cc2c(O[C@@H]3O[C@H](CO)[C@@H](O)[C@H](O)[C@H]3O)nn(C3CCOCC3)c2C)cc1. The van der Waals surface area contributed by atoms with Crippen LogP contribution in [0.2, 0.25) is 0 Å². The standard InChI is InChI=1S/C23H32N2O8/c1-13-17(11-14-3-5-16(30-2)6-4-14)22(24-25(13)15-7-9-31-10-8-15)33-23-21(29)20(28)19(27)18(12-26)32-23/h3-6,15,18-21,23,26-29H,7-12H2,1-2H3/t18-,19-,20+,21-,23+/m1/s1. The van der Waals surface area contributed by atoms with E-state index in [9.17, 15) is 20.4 Å². The maximum Gasteiger partial charge on any atom is 0.239 e. The van der Waals surface area contributed by atoms with Crippen LogP contribution in [0.3, 0.4) is 0 Å². The van der Waals surface area contributed by atoms with E-state index in [1.54, 1.807) is 7.11 Å². The molecule has 3 heterocycles. The number of aliphatic hydroxyl groups excluding tert-OH is 4. The van der Waals surface area contributed by atoms with Crippen LogP contribution < -0.4 is 9.47 Å². The molecule has 2 aromatic rings. The van der Waals surface area contributed by atoms with Crippen LogP contribution in [0.15, 0.2) is 24.3 Å². The van der Waals surface area contributed by atoms with Crippen LogP contribution in [0.1, 0.15) is 35.7 Å². The first-order valence-electron chi connectivity index (χ1n) is 11.2. The van der Waals surface area contributed by atoms with Gasteiger partial charge in [-0.2, -0.15) is 0 Å². The molecular weight excluding hydrogens is 432 g/mol. The Morgan fingerprint density at radius 1 is 1.06 bits per heavy atom. The van der Waals surface area contributed by atoms with Crippen molar-refractivity contribution in [3.63, 3.8) is 0 Å². The Hall–Kier alpha value is -2.21. The van der Waals surface area contributed by atoms with E-state index in [0.717, 1.165) is 35.4 Å². The highest BCUT2D eigenvalue weighted by molar-refractivity contribution is 5.38. The molecule has 0 saturated carbocycles. The molecule has 33 heavy (non-hydrogen) atoms. The number of hydrogen-bond acceptors (Lipinski definition) is 9. The van der Waals surface area contributed by atoms with Crippen molar-refractivity contribution in [3.05, 3.63) is 41.1 Å². The van der Waals surface area contributed by atoms with E-state index in [1.807, 2.05) is 35.9 Å². The lowest BCUT2D eigenvalue weighted by Crippen LogP contribution is -2.60. The van der Waals surface area contributed by atoms with Gasteiger partial charge in [-0.1, -0.05) is 12.1 Å². The van der Waals surface area contributed by atoms with Crippen LogP contribution in [-0.2, 0) is 15.9 Å².